The SMILES string of the molecule is NC(=O)[C@H](CN1CCN(CCO)CC1)c1ccc(Cl)cc1. The maximum atomic E-state index is 11.7. The van der Waals surface area contributed by atoms with Crippen molar-refractivity contribution in [3.05, 3.63) is 34.9 Å². The molecule has 21 heavy (non-hydrogen) atoms. The summed E-state index contributed by atoms with van der Waals surface area (Å²) in [5.41, 5.74) is 6.46. The minimum atomic E-state index is -0.313. The maximum absolute atomic E-state index is 11.7. The van der Waals surface area contributed by atoms with Crippen molar-refractivity contribution in [2.45, 2.75) is 5.92 Å². The molecule has 6 heteroatoms. The number of nitrogens with zero attached hydrogens (tertiary/aromatic N) is 2. The van der Waals surface area contributed by atoms with Crippen LogP contribution in [-0.2, 0) is 4.79 Å². The van der Waals surface area contributed by atoms with E-state index in [4.69, 9.17) is 22.4 Å². The first kappa shape index (κ1) is 16.2. The van der Waals surface area contributed by atoms with E-state index in [1.807, 2.05) is 12.1 Å². The molecule has 2 rings (SSSR count). The number of aliphatic hydroxyl groups excluding tert-OH is 1. The summed E-state index contributed by atoms with van der Waals surface area (Å²) in [6.07, 6.45) is 0. The molecule has 0 aromatic heterocycles. The van der Waals surface area contributed by atoms with Gasteiger partial charge in [-0.15, -0.1) is 0 Å². The number of primary amides is 1. The van der Waals surface area contributed by atoms with E-state index in [2.05, 4.69) is 9.80 Å². The van der Waals surface area contributed by atoms with Gasteiger partial charge in [0, 0.05) is 44.3 Å². The van der Waals surface area contributed by atoms with Gasteiger partial charge >= 0.3 is 0 Å². The van der Waals surface area contributed by atoms with Gasteiger partial charge in [0.15, 0.2) is 0 Å². The lowest BCUT2D eigenvalue weighted by Crippen LogP contribution is -2.49. The fourth-order valence-electron chi connectivity index (χ4n) is 2.65. The molecule has 5 nitrogen and oxygen atoms in total. The molecule has 3 N–H and O–H groups in total. The van der Waals surface area contributed by atoms with E-state index in [-0.39, 0.29) is 18.4 Å². The van der Waals surface area contributed by atoms with Gasteiger partial charge in [0.05, 0.1) is 12.5 Å². The number of benzene rings is 1. The van der Waals surface area contributed by atoms with Gasteiger partial charge in [0.2, 0.25) is 5.91 Å². The molecular formula is C15H22ClN3O2. The summed E-state index contributed by atoms with van der Waals surface area (Å²) < 4.78 is 0. The summed E-state index contributed by atoms with van der Waals surface area (Å²) in [6, 6.07) is 7.29. The highest BCUT2D eigenvalue weighted by Crippen LogP contribution is 2.20. The van der Waals surface area contributed by atoms with Gasteiger partial charge < -0.3 is 10.8 Å². The molecule has 0 aliphatic carbocycles. The van der Waals surface area contributed by atoms with Crippen LogP contribution in [0.25, 0.3) is 0 Å². The second-order valence-electron chi connectivity index (χ2n) is 5.37. The lowest BCUT2D eigenvalue weighted by atomic mass is 9.97. The van der Waals surface area contributed by atoms with Crippen molar-refractivity contribution in [2.75, 3.05) is 45.9 Å². The Hall–Kier alpha value is -1.14. The molecule has 116 valence electrons. The lowest BCUT2D eigenvalue weighted by Gasteiger charge is -2.35. The first-order valence-electron chi connectivity index (χ1n) is 7.20. The number of carbonyl (C=O) groups is 1. The number of hydrogen-bond acceptors (Lipinski definition) is 4. The number of hydrogen-bond donors (Lipinski definition) is 2. The highest BCUT2D eigenvalue weighted by Gasteiger charge is 2.24. The number of rotatable bonds is 6. The molecule has 1 aromatic rings. The van der Waals surface area contributed by atoms with Crippen molar-refractivity contribution in [1.82, 2.24) is 9.80 Å². The van der Waals surface area contributed by atoms with Crippen LogP contribution < -0.4 is 5.73 Å². The van der Waals surface area contributed by atoms with Crippen molar-refractivity contribution in [3.8, 4) is 0 Å². The van der Waals surface area contributed by atoms with Crippen LogP contribution >= 0.6 is 11.6 Å². The Bertz CT molecular complexity index is 458. The van der Waals surface area contributed by atoms with Gasteiger partial charge in [-0.2, -0.15) is 0 Å². The Morgan fingerprint density at radius 2 is 1.76 bits per heavy atom. The molecule has 1 fully saturated rings. The summed E-state index contributed by atoms with van der Waals surface area (Å²) >= 11 is 5.88. The summed E-state index contributed by atoms with van der Waals surface area (Å²) in [5.74, 6) is -0.623. The van der Waals surface area contributed by atoms with Gasteiger partial charge in [-0.3, -0.25) is 14.6 Å². The molecule has 1 saturated heterocycles. The molecule has 0 spiro atoms. The topological polar surface area (TPSA) is 69.8 Å². The van der Waals surface area contributed by atoms with Crippen LogP contribution in [0.1, 0.15) is 11.5 Å². The molecule has 1 heterocycles. The van der Waals surface area contributed by atoms with Crippen LogP contribution in [-0.4, -0.2) is 66.7 Å². The maximum Gasteiger partial charge on any atom is 0.226 e. The van der Waals surface area contributed by atoms with Gasteiger partial charge in [0.25, 0.3) is 0 Å². The minimum absolute atomic E-state index is 0.189. The fourth-order valence-corrected chi connectivity index (χ4v) is 2.78. The average molecular weight is 312 g/mol. The highest BCUT2D eigenvalue weighted by atomic mass is 35.5. The van der Waals surface area contributed by atoms with Gasteiger partial charge in [0.1, 0.15) is 0 Å². The zero-order chi connectivity index (χ0) is 15.2. The van der Waals surface area contributed by atoms with Crippen LogP contribution in [0.15, 0.2) is 24.3 Å². The van der Waals surface area contributed by atoms with Crippen molar-refractivity contribution < 1.29 is 9.90 Å². The highest BCUT2D eigenvalue weighted by molar-refractivity contribution is 6.30. The summed E-state index contributed by atoms with van der Waals surface area (Å²) in [7, 11) is 0. The Kier molecular flexibility index (Phi) is 5.99. The van der Waals surface area contributed by atoms with E-state index in [1.165, 1.54) is 0 Å². The Morgan fingerprint density at radius 3 is 2.29 bits per heavy atom. The molecule has 1 aliphatic heterocycles. The van der Waals surface area contributed by atoms with E-state index in [0.717, 1.165) is 31.7 Å². The number of halogens is 1. The number of carbonyl (C=O) groups excluding carboxylic acids is 1. The van der Waals surface area contributed by atoms with Gasteiger partial charge in [-0.1, -0.05) is 23.7 Å². The summed E-state index contributed by atoms with van der Waals surface area (Å²) in [6.45, 7) is 5.12. The Morgan fingerprint density at radius 1 is 1.19 bits per heavy atom. The number of nitrogens with two attached hydrogens (primary N) is 1. The first-order chi connectivity index (χ1) is 10.1. The Balaban J connectivity index is 1.95. The molecule has 0 radical (unpaired) electrons. The zero-order valence-corrected chi connectivity index (χ0v) is 12.8. The van der Waals surface area contributed by atoms with Crippen molar-refractivity contribution in [3.63, 3.8) is 0 Å². The number of piperazine rings is 1. The molecular weight excluding hydrogens is 290 g/mol. The van der Waals surface area contributed by atoms with E-state index in [0.29, 0.717) is 18.1 Å². The molecule has 1 aromatic carbocycles. The van der Waals surface area contributed by atoms with Crippen LogP contribution in [0.3, 0.4) is 0 Å². The number of aliphatic hydroxyl groups is 1. The zero-order valence-electron chi connectivity index (χ0n) is 12.0. The van der Waals surface area contributed by atoms with E-state index in [1.54, 1.807) is 12.1 Å². The summed E-state index contributed by atoms with van der Waals surface area (Å²) in [5, 5.41) is 9.60. The van der Waals surface area contributed by atoms with Gasteiger partial charge in [-0.05, 0) is 17.7 Å². The second kappa shape index (κ2) is 7.75. The van der Waals surface area contributed by atoms with Crippen LogP contribution in [0.2, 0.25) is 5.02 Å². The fraction of sp³-hybridized carbons (Fsp3) is 0.533. The Labute approximate surface area is 130 Å². The third-order valence-electron chi connectivity index (χ3n) is 3.94. The molecule has 0 unspecified atom stereocenters. The largest absolute Gasteiger partial charge is 0.395 e. The predicted octanol–water partition coefficient (Wildman–Crippen LogP) is 0.519. The van der Waals surface area contributed by atoms with Crippen molar-refractivity contribution in [1.29, 1.82) is 0 Å². The smallest absolute Gasteiger partial charge is 0.226 e. The first-order valence-corrected chi connectivity index (χ1v) is 7.58. The van der Waals surface area contributed by atoms with Crippen LogP contribution in [0, 0.1) is 0 Å². The van der Waals surface area contributed by atoms with E-state index < -0.39 is 0 Å². The monoisotopic (exact) mass is 311 g/mol. The van der Waals surface area contributed by atoms with Crippen LogP contribution in [0.4, 0.5) is 0 Å². The minimum Gasteiger partial charge on any atom is -0.395 e. The number of amides is 1. The lowest BCUT2D eigenvalue weighted by molar-refractivity contribution is -0.120. The summed E-state index contributed by atoms with van der Waals surface area (Å²) in [4.78, 5) is 16.2. The van der Waals surface area contributed by atoms with E-state index in [9.17, 15) is 4.79 Å². The second-order valence-corrected chi connectivity index (χ2v) is 5.81. The predicted molar refractivity (Wildman–Crippen MR) is 83.4 cm³/mol. The number of β-amino-alcohol motifs (C(OH)–C–C–N with tert-alkyl or cyclic N) is 1. The molecule has 1 atom stereocenters. The third-order valence-corrected chi connectivity index (χ3v) is 4.19. The third kappa shape index (κ3) is 4.68. The van der Waals surface area contributed by atoms with E-state index >= 15 is 0 Å². The average Bonchev–Trinajstić information content (AvgIpc) is 2.47. The molecule has 0 saturated carbocycles. The molecule has 0 bridgehead atoms. The van der Waals surface area contributed by atoms with Crippen LogP contribution in [0.5, 0.6) is 0 Å². The quantitative estimate of drug-likeness (QED) is 0.803. The normalized spacial score (nSPS) is 18.6. The van der Waals surface area contributed by atoms with Gasteiger partial charge in [-0.25, -0.2) is 0 Å². The van der Waals surface area contributed by atoms with Crippen molar-refractivity contribution >= 4 is 17.5 Å². The molecule has 1 aliphatic rings. The standard InChI is InChI=1S/C15H22ClN3O2/c16-13-3-1-12(2-4-13)14(15(17)21)11-19-7-5-18(6-8-19)9-10-20/h1-4,14,20H,5-11H2,(H2,17,21)/t14-/m1/s1. The molecule has 1 amide bonds. The van der Waals surface area contributed by atoms with Crippen molar-refractivity contribution in [2.24, 2.45) is 5.73 Å².